The number of likely N-dealkylation sites (tertiary alicyclic amines) is 1. The zero-order valence-electron chi connectivity index (χ0n) is 20.3. The molecule has 1 aliphatic rings. The molecule has 1 fully saturated rings. The fraction of sp³-hybridized carbons (Fsp3) is 0.259. The van der Waals surface area contributed by atoms with Gasteiger partial charge in [-0.15, -0.1) is 0 Å². The van der Waals surface area contributed by atoms with Crippen LogP contribution in [0, 0.1) is 12.3 Å². The first kappa shape index (κ1) is 25.4. The van der Waals surface area contributed by atoms with Crippen molar-refractivity contribution in [2.45, 2.75) is 37.2 Å². The molecule has 9 heteroatoms. The highest BCUT2D eigenvalue weighted by molar-refractivity contribution is 7.97. The average molecular weight is 502 g/mol. The van der Waals surface area contributed by atoms with Crippen LogP contribution in [-0.2, 0) is 11.3 Å². The van der Waals surface area contributed by atoms with Crippen LogP contribution < -0.4 is 15.8 Å². The number of nitrogens with one attached hydrogen (secondary N) is 3. The number of nitrogens with zero attached hydrogens (tertiary/aromatic N) is 3. The molecule has 2 heterocycles. The number of aryl methyl sites for hydroxylation is 1. The number of hydrogen-bond acceptors (Lipinski definition) is 8. The smallest absolute Gasteiger partial charge is 0.246 e. The van der Waals surface area contributed by atoms with E-state index in [0.717, 1.165) is 24.0 Å². The Bertz CT molecular complexity index is 1250. The molecule has 1 aromatic heterocycles. The lowest BCUT2D eigenvalue weighted by molar-refractivity contribution is -0.127. The van der Waals surface area contributed by atoms with E-state index in [0.29, 0.717) is 31.0 Å². The first-order valence-corrected chi connectivity index (χ1v) is 12.7. The van der Waals surface area contributed by atoms with E-state index in [-0.39, 0.29) is 23.5 Å². The van der Waals surface area contributed by atoms with Crippen molar-refractivity contribution < 1.29 is 4.79 Å². The maximum Gasteiger partial charge on any atom is 0.246 e. The summed E-state index contributed by atoms with van der Waals surface area (Å²) in [7, 11) is 0. The summed E-state index contributed by atoms with van der Waals surface area (Å²) in [5, 5.41) is 12.2. The quantitative estimate of drug-likeness (QED) is 0.197. The fourth-order valence-electron chi connectivity index (χ4n) is 4.19. The standard InChI is InChI=1S/C27H31N7OS/c1-3-23(35)34-13-5-7-21(16-34)33-27-24(26(29)30-17-31-27)25(28)20-11-9-19(10-12-20)15-32-36-22-8-4-6-18(2)14-22/h3-4,6,8-12,14,17,21,28,32H,1,5,7,13,15-16H2,2H3,(H3,29,30,31,33). The largest absolute Gasteiger partial charge is 0.383 e. The minimum atomic E-state index is -0.0801. The number of rotatable bonds is 9. The van der Waals surface area contributed by atoms with Gasteiger partial charge in [0.05, 0.1) is 11.3 Å². The van der Waals surface area contributed by atoms with E-state index in [1.807, 2.05) is 30.3 Å². The molecule has 3 aromatic rings. The third kappa shape index (κ3) is 6.30. The second-order valence-corrected chi connectivity index (χ2v) is 9.73. The van der Waals surface area contributed by atoms with Gasteiger partial charge in [-0.1, -0.05) is 43.0 Å². The number of anilines is 2. The van der Waals surface area contributed by atoms with E-state index in [1.165, 1.54) is 22.9 Å². The summed E-state index contributed by atoms with van der Waals surface area (Å²) in [6.07, 6.45) is 4.50. The van der Waals surface area contributed by atoms with Crippen LogP contribution >= 0.6 is 11.9 Å². The van der Waals surface area contributed by atoms with Gasteiger partial charge in [0.2, 0.25) is 5.91 Å². The van der Waals surface area contributed by atoms with Crippen LogP contribution in [0.4, 0.5) is 11.6 Å². The molecule has 186 valence electrons. The predicted octanol–water partition coefficient (Wildman–Crippen LogP) is 4.17. The molecule has 1 amide bonds. The zero-order valence-corrected chi connectivity index (χ0v) is 21.1. The fourth-order valence-corrected chi connectivity index (χ4v) is 4.98. The molecule has 0 aliphatic carbocycles. The van der Waals surface area contributed by atoms with Crippen molar-refractivity contribution in [1.82, 2.24) is 19.6 Å². The Morgan fingerprint density at radius 3 is 2.83 bits per heavy atom. The number of amides is 1. The van der Waals surface area contributed by atoms with E-state index in [1.54, 1.807) is 16.8 Å². The molecule has 2 aromatic carbocycles. The Hall–Kier alpha value is -3.69. The van der Waals surface area contributed by atoms with Gasteiger partial charge in [-0.05, 0) is 61.0 Å². The second-order valence-electron chi connectivity index (χ2n) is 8.77. The Labute approximate surface area is 216 Å². The van der Waals surface area contributed by atoms with Gasteiger partial charge >= 0.3 is 0 Å². The molecule has 0 radical (unpaired) electrons. The molecule has 0 spiro atoms. The van der Waals surface area contributed by atoms with Gasteiger partial charge < -0.3 is 16.0 Å². The van der Waals surface area contributed by atoms with Crippen LogP contribution in [0.3, 0.4) is 0 Å². The van der Waals surface area contributed by atoms with Gasteiger partial charge in [0, 0.05) is 36.1 Å². The zero-order chi connectivity index (χ0) is 25.5. The number of hydrogen-bond donors (Lipinski definition) is 4. The molecule has 1 atom stereocenters. The lowest BCUT2D eigenvalue weighted by Crippen LogP contribution is -2.44. The summed E-state index contributed by atoms with van der Waals surface area (Å²) >= 11 is 1.60. The van der Waals surface area contributed by atoms with Gasteiger partial charge in [-0.3, -0.25) is 14.9 Å². The first-order chi connectivity index (χ1) is 17.4. The number of nitrogen functional groups attached to an aromatic ring is 1. The van der Waals surface area contributed by atoms with E-state index >= 15 is 0 Å². The van der Waals surface area contributed by atoms with Crippen molar-refractivity contribution in [3.05, 3.63) is 89.8 Å². The summed E-state index contributed by atoms with van der Waals surface area (Å²) in [4.78, 5) is 23.5. The SMILES string of the molecule is C=CC(=O)N1CCCC(Nc2ncnc(N)c2C(=N)c2ccc(CNSc3cccc(C)c3)cc2)C1. The number of piperidine rings is 1. The lowest BCUT2D eigenvalue weighted by atomic mass is 10.0. The van der Waals surface area contributed by atoms with Crippen LogP contribution in [0.15, 0.2) is 72.4 Å². The van der Waals surface area contributed by atoms with Gasteiger partial charge in [0.1, 0.15) is 18.0 Å². The normalized spacial score (nSPS) is 15.4. The number of nitrogens with two attached hydrogens (primary N) is 1. The third-order valence-electron chi connectivity index (χ3n) is 6.07. The van der Waals surface area contributed by atoms with Crippen molar-refractivity contribution >= 4 is 35.2 Å². The summed E-state index contributed by atoms with van der Waals surface area (Å²) in [6, 6.07) is 16.2. The molecule has 1 aliphatic heterocycles. The van der Waals surface area contributed by atoms with Crippen molar-refractivity contribution in [3.63, 3.8) is 0 Å². The minimum Gasteiger partial charge on any atom is -0.383 e. The molecule has 8 nitrogen and oxygen atoms in total. The highest BCUT2D eigenvalue weighted by Crippen LogP contribution is 2.24. The van der Waals surface area contributed by atoms with Gasteiger partial charge in [0.15, 0.2) is 0 Å². The van der Waals surface area contributed by atoms with E-state index in [2.05, 4.69) is 51.7 Å². The summed E-state index contributed by atoms with van der Waals surface area (Å²) in [6.45, 7) is 7.61. The number of benzene rings is 2. The molecule has 0 saturated carbocycles. The van der Waals surface area contributed by atoms with Crippen LogP contribution in [0.1, 0.15) is 35.1 Å². The maximum absolute atomic E-state index is 12.1. The highest BCUT2D eigenvalue weighted by atomic mass is 32.2. The molecule has 1 saturated heterocycles. The topological polar surface area (TPSA) is 120 Å². The number of carbonyl (C=O) groups excluding carboxylic acids is 1. The molecular formula is C27H31N7OS. The number of carbonyl (C=O) groups is 1. The van der Waals surface area contributed by atoms with Gasteiger partial charge in [-0.25, -0.2) is 9.97 Å². The summed E-state index contributed by atoms with van der Waals surface area (Å²) < 4.78 is 3.38. The van der Waals surface area contributed by atoms with Crippen molar-refractivity contribution in [3.8, 4) is 0 Å². The monoisotopic (exact) mass is 501 g/mol. The molecule has 4 rings (SSSR count). The second kappa shape index (κ2) is 11.8. The Morgan fingerprint density at radius 2 is 2.08 bits per heavy atom. The average Bonchev–Trinajstić information content (AvgIpc) is 2.89. The summed E-state index contributed by atoms with van der Waals surface area (Å²) in [5.41, 5.74) is 9.98. The molecule has 1 unspecified atom stereocenters. The van der Waals surface area contributed by atoms with Gasteiger partial charge in [-0.2, -0.15) is 0 Å². The Kier molecular flexibility index (Phi) is 8.35. The Balaban J connectivity index is 1.42. The van der Waals surface area contributed by atoms with E-state index in [4.69, 9.17) is 11.1 Å². The first-order valence-electron chi connectivity index (χ1n) is 11.9. The van der Waals surface area contributed by atoms with Crippen LogP contribution in [0.5, 0.6) is 0 Å². The van der Waals surface area contributed by atoms with Crippen molar-refractivity contribution in [1.29, 1.82) is 5.41 Å². The predicted molar refractivity (Wildman–Crippen MR) is 146 cm³/mol. The van der Waals surface area contributed by atoms with E-state index in [9.17, 15) is 4.79 Å². The lowest BCUT2D eigenvalue weighted by Gasteiger charge is -2.33. The maximum atomic E-state index is 12.1. The molecule has 5 N–H and O–H groups in total. The van der Waals surface area contributed by atoms with Crippen LogP contribution in [-0.4, -0.2) is 45.6 Å². The highest BCUT2D eigenvalue weighted by Gasteiger charge is 2.24. The Morgan fingerprint density at radius 1 is 1.28 bits per heavy atom. The molecule has 0 bridgehead atoms. The van der Waals surface area contributed by atoms with E-state index < -0.39 is 0 Å². The summed E-state index contributed by atoms with van der Waals surface area (Å²) in [5.74, 6) is 0.668. The van der Waals surface area contributed by atoms with Crippen LogP contribution in [0.2, 0.25) is 0 Å². The van der Waals surface area contributed by atoms with Crippen LogP contribution in [0.25, 0.3) is 0 Å². The van der Waals surface area contributed by atoms with Crippen molar-refractivity contribution in [2.24, 2.45) is 0 Å². The third-order valence-corrected chi connectivity index (χ3v) is 6.85. The number of aromatic nitrogens is 2. The molecule has 36 heavy (non-hydrogen) atoms. The van der Waals surface area contributed by atoms with Gasteiger partial charge in [0.25, 0.3) is 0 Å². The molecular weight excluding hydrogens is 470 g/mol. The van der Waals surface area contributed by atoms with Crippen molar-refractivity contribution in [2.75, 3.05) is 24.1 Å². The minimum absolute atomic E-state index is 0.00264.